The maximum Gasteiger partial charge on any atom is 0.0638 e. The summed E-state index contributed by atoms with van der Waals surface area (Å²) in [5.41, 5.74) is 3.64. The zero-order valence-corrected chi connectivity index (χ0v) is 11.0. The summed E-state index contributed by atoms with van der Waals surface area (Å²) in [6.45, 7) is 6.18. The molecule has 90 valence electrons. The number of aromatic amines is 1. The molecule has 1 aromatic heterocycles. The summed E-state index contributed by atoms with van der Waals surface area (Å²) in [5.74, 6) is 3.64. The summed E-state index contributed by atoms with van der Waals surface area (Å²) in [4.78, 5) is 0. The first-order valence-corrected chi connectivity index (χ1v) is 7.21. The fraction of sp³-hybridized carbons (Fsp3) is 0.750. The lowest BCUT2D eigenvalue weighted by Gasteiger charge is -2.04. The highest BCUT2D eigenvalue weighted by molar-refractivity contribution is 7.99. The molecule has 0 unspecified atom stereocenters. The first kappa shape index (κ1) is 12.0. The van der Waals surface area contributed by atoms with E-state index in [-0.39, 0.29) is 0 Å². The van der Waals surface area contributed by atoms with E-state index >= 15 is 0 Å². The molecule has 0 amide bonds. The van der Waals surface area contributed by atoms with Gasteiger partial charge < -0.3 is 5.32 Å². The SMILES string of the molecule is Cc1n[nH]c(C)c1CNCCSCC1CC1. The molecule has 0 radical (unpaired) electrons. The molecule has 0 aliphatic heterocycles. The van der Waals surface area contributed by atoms with Gasteiger partial charge in [-0.05, 0) is 38.4 Å². The summed E-state index contributed by atoms with van der Waals surface area (Å²) in [7, 11) is 0. The van der Waals surface area contributed by atoms with Crippen molar-refractivity contribution in [2.75, 3.05) is 18.1 Å². The third kappa shape index (κ3) is 3.52. The van der Waals surface area contributed by atoms with Crippen molar-refractivity contribution in [2.24, 2.45) is 5.92 Å². The van der Waals surface area contributed by atoms with E-state index in [0.29, 0.717) is 0 Å². The predicted octanol–water partition coefficient (Wildman–Crippen LogP) is 2.26. The summed E-state index contributed by atoms with van der Waals surface area (Å²) in [6.07, 6.45) is 2.93. The van der Waals surface area contributed by atoms with Gasteiger partial charge in [0.15, 0.2) is 0 Å². The van der Waals surface area contributed by atoms with Crippen LogP contribution in [0.4, 0.5) is 0 Å². The summed E-state index contributed by atoms with van der Waals surface area (Å²) in [5, 5.41) is 10.7. The molecule has 0 saturated heterocycles. The lowest BCUT2D eigenvalue weighted by atomic mass is 10.2. The van der Waals surface area contributed by atoms with Crippen LogP contribution in [0.5, 0.6) is 0 Å². The molecule has 1 aliphatic carbocycles. The van der Waals surface area contributed by atoms with Gasteiger partial charge in [-0.15, -0.1) is 0 Å². The molecule has 1 fully saturated rings. The highest BCUT2D eigenvalue weighted by Gasteiger charge is 2.20. The van der Waals surface area contributed by atoms with E-state index in [2.05, 4.69) is 41.1 Å². The summed E-state index contributed by atoms with van der Waals surface area (Å²) in [6, 6.07) is 0. The van der Waals surface area contributed by atoms with Gasteiger partial charge in [-0.1, -0.05) is 0 Å². The van der Waals surface area contributed by atoms with Crippen molar-refractivity contribution in [3.8, 4) is 0 Å². The van der Waals surface area contributed by atoms with Crippen molar-refractivity contribution in [2.45, 2.75) is 33.2 Å². The second-order valence-corrected chi connectivity index (χ2v) is 5.76. The Hall–Kier alpha value is -0.480. The number of nitrogens with zero attached hydrogens (tertiary/aromatic N) is 1. The van der Waals surface area contributed by atoms with Crippen LogP contribution in [0.15, 0.2) is 0 Å². The molecule has 16 heavy (non-hydrogen) atoms. The van der Waals surface area contributed by atoms with Crippen molar-refractivity contribution in [3.63, 3.8) is 0 Å². The number of aryl methyl sites for hydroxylation is 2. The molecule has 1 aliphatic rings. The van der Waals surface area contributed by atoms with Gasteiger partial charge in [0.1, 0.15) is 0 Å². The largest absolute Gasteiger partial charge is 0.312 e. The molecule has 2 N–H and O–H groups in total. The minimum atomic E-state index is 0.943. The molecule has 0 atom stereocenters. The van der Waals surface area contributed by atoms with Gasteiger partial charge in [-0.3, -0.25) is 5.10 Å². The van der Waals surface area contributed by atoms with Crippen molar-refractivity contribution in [1.29, 1.82) is 0 Å². The Labute approximate surface area is 102 Å². The number of rotatable bonds is 7. The van der Waals surface area contributed by atoms with Crippen LogP contribution in [-0.4, -0.2) is 28.2 Å². The van der Waals surface area contributed by atoms with Crippen LogP contribution in [0.25, 0.3) is 0 Å². The molecule has 2 rings (SSSR count). The standard InChI is InChI=1S/C12H21N3S/c1-9-12(10(2)15-14-9)7-13-5-6-16-8-11-3-4-11/h11,13H,3-8H2,1-2H3,(H,14,15). The van der Waals surface area contributed by atoms with Gasteiger partial charge in [-0.25, -0.2) is 0 Å². The van der Waals surface area contributed by atoms with Crippen molar-refractivity contribution >= 4 is 11.8 Å². The molecule has 4 heteroatoms. The number of hydrogen-bond acceptors (Lipinski definition) is 3. The van der Waals surface area contributed by atoms with E-state index in [9.17, 15) is 0 Å². The highest BCUT2D eigenvalue weighted by atomic mass is 32.2. The van der Waals surface area contributed by atoms with E-state index in [1.54, 1.807) is 0 Å². The second kappa shape index (κ2) is 5.73. The third-order valence-electron chi connectivity index (χ3n) is 3.06. The van der Waals surface area contributed by atoms with Crippen molar-refractivity contribution in [1.82, 2.24) is 15.5 Å². The van der Waals surface area contributed by atoms with Crippen LogP contribution >= 0.6 is 11.8 Å². The van der Waals surface area contributed by atoms with Gasteiger partial charge in [0.25, 0.3) is 0 Å². The Morgan fingerprint density at radius 3 is 2.88 bits per heavy atom. The molecule has 1 heterocycles. The highest BCUT2D eigenvalue weighted by Crippen LogP contribution is 2.32. The molecular weight excluding hydrogens is 218 g/mol. The van der Waals surface area contributed by atoms with E-state index in [4.69, 9.17) is 0 Å². The lowest BCUT2D eigenvalue weighted by molar-refractivity contribution is 0.725. The molecular formula is C12H21N3S. The van der Waals surface area contributed by atoms with E-state index in [1.165, 1.54) is 35.6 Å². The zero-order valence-electron chi connectivity index (χ0n) is 10.2. The van der Waals surface area contributed by atoms with Crippen LogP contribution in [0.2, 0.25) is 0 Å². The molecule has 0 aromatic carbocycles. The van der Waals surface area contributed by atoms with Gasteiger partial charge >= 0.3 is 0 Å². The fourth-order valence-electron chi connectivity index (χ4n) is 1.73. The molecule has 3 nitrogen and oxygen atoms in total. The van der Waals surface area contributed by atoms with Gasteiger partial charge in [-0.2, -0.15) is 16.9 Å². The second-order valence-electron chi connectivity index (χ2n) is 4.61. The predicted molar refractivity (Wildman–Crippen MR) is 69.8 cm³/mol. The summed E-state index contributed by atoms with van der Waals surface area (Å²) < 4.78 is 0. The van der Waals surface area contributed by atoms with E-state index in [1.807, 2.05) is 0 Å². The number of thioether (sulfide) groups is 1. The Morgan fingerprint density at radius 2 is 2.25 bits per heavy atom. The third-order valence-corrected chi connectivity index (χ3v) is 4.26. The average molecular weight is 239 g/mol. The molecule has 0 bridgehead atoms. The van der Waals surface area contributed by atoms with Crippen molar-refractivity contribution < 1.29 is 0 Å². The summed E-state index contributed by atoms with van der Waals surface area (Å²) >= 11 is 2.08. The van der Waals surface area contributed by atoms with Crippen LogP contribution < -0.4 is 5.32 Å². The van der Waals surface area contributed by atoms with Gasteiger partial charge in [0.2, 0.25) is 0 Å². The van der Waals surface area contributed by atoms with Crippen LogP contribution in [0, 0.1) is 19.8 Å². The molecule has 0 spiro atoms. The topological polar surface area (TPSA) is 40.7 Å². The Bertz CT molecular complexity index is 312. The number of hydrogen-bond donors (Lipinski definition) is 2. The monoisotopic (exact) mass is 239 g/mol. The average Bonchev–Trinajstić information content (AvgIpc) is 3.03. The van der Waals surface area contributed by atoms with Crippen LogP contribution in [0.1, 0.15) is 29.8 Å². The van der Waals surface area contributed by atoms with E-state index in [0.717, 1.165) is 24.7 Å². The smallest absolute Gasteiger partial charge is 0.0638 e. The van der Waals surface area contributed by atoms with Gasteiger partial charge in [0.05, 0.1) is 5.69 Å². The quantitative estimate of drug-likeness (QED) is 0.717. The lowest BCUT2D eigenvalue weighted by Crippen LogP contribution is -2.17. The van der Waals surface area contributed by atoms with Crippen LogP contribution in [0.3, 0.4) is 0 Å². The molecule has 1 saturated carbocycles. The van der Waals surface area contributed by atoms with Gasteiger partial charge in [0, 0.05) is 30.1 Å². The first-order valence-electron chi connectivity index (χ1n) is 6.06. The number of aromatic nitrogens is 2. The van der Waals surface area contributed by atoms with E-state index < -0.39 is 0 Å². The normalized spacial score (nSPS) is 15.6. The minimum absolute atomic E-state index is 0.943. The van der Waals surface area contributed by atoms with Crippen LogP contribution in [-0.2, 0) is 6.54 Å². The minimum Gasteiger partial charge on any atom is -0.312 e. The van der Waals surface area contributed by atoms with Crippen molar-refractivity contribution in [3.05, 3.63) is 17.0 Å². The molecule has 1 aromatic rings. The number of nitrogens with one attached hydrogen (secondary N) is 2. The zero-order chi connectivity index (χ0) is 11.4. The Kier molecular flexibility index (Phi) is 4.29. The first-order chi connectivity index (χ1) is 7.77. The Balaban J connectivity index is 1.56. The maximum atomic E-state index is 4.19. The number of H-pyrrole nitrogens is 1. The maximum absolute atomic E-state index is 4.19. The Morgan fingerprint density at radius 1 is 1.44 bits per heavy atom. The fourth-order valence-corrected chi connectivity index (χ4v) is 2.85.